The maximum Gasteiger partial charge on any atom is 0.252 e. The largest absolute Gasteiger partial charge is 0.391 e. The van der Waals surface area contributed by atoms with Crippen molar-refractivity contribution in [1.29, 1.82) is 0 Å². The van der Waals surface area contributed by atoms with E-state index in [1.807, 2.05) is 0 Å². The van der Waals surface area contributed by atoms with Crippen LogP contribution < -0.4 is 11.1 Å². The molecule has 1 saturated carbocycles. The lowest BCUT2D eigenvalue weighted by molar-refractivity contribution is -0.149. The Labute approximate surface area is 125 Å². The molecule has 2 rings (SSSR count). The van der Waals surface area contributed by atoms with Crippen LogP contribution in [0.3, 0.4) is 0 Å². The minimum atomic E-state index is -0.543. The van der Waals surface area contributed by atoms with Crippen LogP contribution in [0.1, 0.15) is 39.0 Å². The summed E-state index contributed by atoms with van der Waals surface area (Å²) in [5.41, 5.74) is 5.37. The molecular formula is C14H24N2O3S. The summed E-state index contributed by atoms with van der Waals surface area (Å²) in [5, 5.41) is 3.04. The van der Waals surface area contributed by atoms with Crippen LogP contribution in [0.4, 0.5) is 0 Å². The minimum absolute atomic E-state index is 0.160. The van der Waals surface area contributed by atoms with E-state index in [9.17, 15) is 4.79 Å². The van der Waals surface area contributed by atoms with Gasteiger partial charge in [0, 0.05) is 0 Å². The number of hydrogen-bond acceptors (Lipinski definition) is 4. The molecule has 1 aliphatic carbocycles. The van der Waals surface area contributed by atoms with Crippen LogP contribution in [-0.2, 0) is 14.3 Å². The van der Waals surface area contributed by atoms with Crippen molar-refractivity contribution in [2.45, 2.75) is 50.7 Å². The second-order valence-corrected chi connectivity index (χ2v) is 6.16. The van der Waals surface area contributed by atoms with Crippen LogP contribution in [0.2, 0.25) is 0 Å². The first kappa shape index (κ1) is 15.7. The summed E-state index contributed by atoms with van der Waals surface area (Å²) in [5.74, 6) is 0.552. The smallest absolute Gasteiger partial charge is 0.252 e. The molecular weight excluding hydrogens is 276 g/mol. The highest BCUT2D eigenvalue weighted by Crippen LogP contribution is 2.34. The summed E-state index contributed by atoms with van der Waals surface area (Å²) in [6, 6.07) is 0. The summed E-state index contributed by atoms with van der Waals surface area (Å²) >= 11 is 5.21. The predicted octanol–water partition coefficient (Wildman–Crippen LogP) is 1.14. The Hall–Kier alpha value is -0.720. The lowest BCUT2D eigenvalue weighted by Gasteiger charge is -2.40. The highest BCUT2D eigenvalue weighted by Gasteiger charge is 2.40. The van der Waals surface area contributed by atoms with Gasteiger partial charge >= 0.3 is 0 Å². The van der Waals surface area contributed by atoms with Gasteiger partial charge in [0.15, 0.2) is 6.10 Å². The van der Waals surface area contributed by atoms with Gasteiger partial charge in [0.25, 0.3) is 5.91 Å². The Bertz CT molecular complexity index is 361. The van der Waals surface area contributed by atoms with Crippen molar-refractivity contribution < 1.29 is 14.3 Å². The average molecular weight is 300 g/mol. The second kappa shape index (κ2) is 6.83. The predicted molar refractivity (Wildman–Crippen MR) is 80.5 cm³/mol. The standard InChI is InChI=1S/C14H24N2O3S/c1-2-10-3-5-14(6-4-10,13(15)20)16-12(17)11-9-18-7-8-19-11/h10-11H,2-9H2,1H3,(H2,15,20)(H,16,17). The lowest BCUT2D eigenvalue weighted by Crippen LogP contribution is -2.61. The molecule has 114 valence electrons. The van der Waals surface area contributed by atoms with Gasteiger partial charge in [-0.15, -0.1) is 0 Å². The fourth-order valence-corrected chi connectivity index (χ4v) is 3.22. The molecule has 1 atom stereocenters. The normalized spacial score (nSPS) is 34.5. The molecule has 0 bridgehead atoms. The Balaban J connectivity index is 1.98. The fourth-order valence-electron chi connectivity index (χ4n) is 2.97. The van der Waals surface area contributed by atoms with E-state index in [4.69, 9.17) is 27.4 Å². The third kappa shape index (κ3) is 3.48. The molecule has 2 aliphatic rings. The van der Waals surface area contributed by atoms with Gasteiger partial charge in [0.2, 0.25) is 0 Å². The van der Waals surface area contributed by atoms with Crippen LogP contribution in [0.25, 0.3) is 0 Å². The molecule has 0 spiro atoms. The zero-order valence-corrected chi connectivity index (χ0v) is 12.8. The number of rotatable bonds is 4. The molecule has 0 aromatic carbocycles. The first-order valence-electron chi connectivity index (χ1n) is 7.38. The van der Waals surface area contributed by atoms with Crippen LogP contribution in [0.15, 0.2) is 0 Å². The number of amides is 1. The second-order valence-electron chi connectivity index (χ2n) is 5.72. The van der Waals surface area contributed by atoms with E-state index < -0.39 is 11.6 Å². The van der Waals surface area contributed by atoms with Gasteiger partial charge in [0.1, 0.15) is 0 Å². The van der Waals surface area contributed by atoms with Crippen LogP contribution in [0.5, 0.6) is 0 Å². The van der Waals surface area contributed by atoms with Crippen LogP contribution in [0, 0.1) is 5.92 Å². The van der Waals surface area contributed by atoms with Gasteiger partial charge in [-0.05, 0) is 31.6 Å². The first-order chi connectivity index (χ1) is 9.57. The summed E-state index contributed by atoms with van der Waals surface area (Å²) in [6.45, 7) is 3.50. The number of carbonyl (C=O) groups is 1. The van der Waals surface area contributed by atoms with Gasteiger partial charge in [0.05, 0.1) is 30.3 Å². The molecule has 0 radical (unpaired) electrons. The molecule has 0 aromatic rings. The van der Waals surface area contributed by atoms with Crippen molar-refractivity contribution in [1.82, 2.24) is 5.32 Å². The average Bonchev–Trinajstić information content (AvgIpc) is 2.48. The Kier molecular flexibility index (Phi) is 5.35. The zero-order valence-electron chi connectivity index (χ0n) is 12.0. The van der Waals surface area contributed by atoms with Crippen molar-refractivity contribution >= 4 is 23.1 Å². The summed E-state index contributed by atoms with van der Waals surface area (Å²) < 4.78 is 10.7. The third-order valence-corrected chi connectivity index (χ3v) is 4.87. The molecule has 2 fully saturated rings. The number of nitrogens with one attached hydrogen (secondary N) is 1. The van der Waals surface area contributed by atoms with Crippen molar-refractivity contribution in [2.75, 3.05) is 19.8 Å². The number of ether oxygens (including phenoxy) is 2. The molecule has 1 aliphatic heterocycles. The number of nitrogens with two attached hydrogens (primary N) is 1. The quantitative estimate of drug-likeness (QED) is 0.762. The molecule has 20 heavy (non-hydrogen) atoms. The molecule has 0 aromatic heterocycles. The van der Waals surface area contributed by atoms with Crippen LogP contribution in [-0.4, -0.2) is 42.4 Å². The third-order valence-electron chi connectivity index (χ3n) is 4.48. The summed E-state index contributed by atoms with van der Waals surface area (Å²) in [7, 11) is 0. The van der Waals surface area contributed by atoms with Gasteiger partial charge in [-0.1, -0.05) is 25.6 Å². The Morgan fingerprint density at radius 3 is 2.60 bits per heavy atom. The van der Waals surface area contributed by atoms with Crippen molar-refractivity contribution in [2.24, 2.45) is 11.7 Å². The number of carbonyl (C=O) groups excluding carboxylic acids is 1. The Morgan fingerprint density at radius 1 is 1.40 bits per heavy atom. The molecule has 1 unspecified atom stereocenters. The molecule has 1 amide bonds. The SMILES string of the molecule is CCC1CCC(NC(=O)C2COCCO2)(C(N)=S)CC1. The minimum Gasteiger partial charge on any atom is -0.391 e. The van der Waals surface area contributed by atoms with E-state index in [0.717, 1.165) is 25.7 Å². The number of thiocarbonyl (C=S) groups is 1. The maximum absolute atomic E-state index is 12.3. The van der Waals surface area contributed by atoms with Crippen LogP contribution >= 0.6 is 12.2 Å². The molecule has 1 saturated heterocycles. The van der Waals surface area contributed by atoms with Gasteiger partial charge in [-0.2, -0.15) is 0 Å². The number of hydrogen-bond donors (Lipinski definition) is 2. The highest BCUT2D eigenvalue weighted by molar-refractivity contribution is 7.80. The van der Waals surface area contributed by atoms with E-state index in [1.165, 1.54) is 6.42 Å². The van der Waals surface area contributed by atoms with Crippen molar-refractivity contribution in [3.8, 4) is 0 Å². The van der Waals surface area contributed by atoms with E-state index in [1.54, 1.807) is 0 Å². The highest BCUT2D eigenvalue weighted by atomic mass is 32.1. The summed E-state index contributed by atoms with van der Waals surface area (Å²) in [4.78, 5) is 12.7. The monoisotopic (exact) mass is 300 g/mol. The molecule has 1 heterocycles. The zero-order chi connectivity index (χ0) is 14.6. The van der Waals surface area contributed by atoms with E-state index in [0.29, 0.717) is 30.7 Å². The maximum atomic E-state index is 12.3. The van der Waals surface area contributed by atoms with E-state index >= 15 is 0 Å². The van der Waals surface area contributed by atoms with Gasteiger partial charge < -0.3 is 20.5 Å². The van der Waals surface area contributed by atoms with E-state index in [2.05, 4.69) is 12.2 Å². The summed E-state index contributed by atoms with van der Waals surface area (Å²) in [6.07, 6.45) is 4.37. The van der Waals surface area contributed by atoms with Gasteiger partial charge in [-0.25, -0.2) is 0 Å². The first-order valence-corrected chi connectivity index (χ1v) is 7.79. The molecule has 3 N–H and O–H groups in total. The Morgan fingerprint density at radius 2 is 2.10 bits per heavy atom. The molecule has 6 heteroatoms. The van der Waals surface area contributed by atoms with Crippen molar-refractivity contribution in [3.05, 3.63) is 0 Å². The lowest BCUT2D eigenvalue weighted by atomic mass is 9.75. The fraction of sp³-hybridized carbons (Fsp3) is 0.857. The molecule has 5 nitrogen and oxygen atoms in total. The van der Waals surface area contributed by atoms with Crippen molar-refractivity contribution in [3.63, 3.8) is 0 Å². The van der Waals surface area contributed by atoms with E-state index in [-0.39, 0.29) is 5.91 Å². The van der Waals surface area contributed by atoms with Gasteiger partial charge in [-0.3, -0.25) is 4.79 Å². The topological polar surface area (TPSA) is 73.6 Å².